The molecule has 6 heteroatoms. The number of aromatic nitrogens is 1. The molecule has 0 aliphatic heterocycles. The molecule has 25 heavy (non-hydrogen) atoms. The van der Waals surface area contributed by atoms with Crippen molar-refractivity contribution < 1.29 is 14.0 Å². The minimum Gasteiger partial charge on any atom is -0.446 e. The number of unbranched alkanes of at least 4 members (excludes halogenated alkanes) is 1. The van der Waals surface area contributed by atoms with E-state index in [9.17, 15) is 9.59 Å². The van der Waals surface area contributed by atoms with Gasteiger partial charge in [0.1, 0.15) is 6.26 Å². The molecule has 1 heterocycles. The number of amides is 2. The van der Waals surface area contributed by atoms with Crippen LogP contribution in [0.3, 0.4) is 0 Å². The topological polar surface area (TPSA) is 75.4 Å². The van der Waals surface area contributed by atoms with E-state index in [1.54, 1.807) is 4.90 Å². The number of carbonyl (C=O) groups is 2. The van der Waals surface area contributed by atoms with E-state index in [-0.39, 0.29) is 42.1 Å². The molecule has 0 aliphatic carbocycles. The summed E-state index contributed by atoms with van der Waals surface area (Å²) in [6, 6.07) is 0.0771. The van der Waals surface area contributed by atoms with E-state index < -0.39 is 0 Å². The third-order valence-electron chi connectivity index (χ3n) is 4.16. The summed E-state index contributed by atoms with van der Waals surface area (Å²) in [7, 11) is 0. The van der Waals surface area contributed by atoms with Gasteiger partial charge >= 0.3 is 0 Å². The predicted octanol–water partition coefficient (Wildman–Crippen LogP) is 3.77. The largest absolute Gasteiger partial charge is 0.446 e. The van der Waals surface area contributed by atoms with Crippen LogP contribution in [0.5, 0.6) is 0 Å². The van der Waals surface area contributed by atoms with E-state index in [2.05, 4.69) is 24.1 Å². The molecule has 0 aliphatic rings. The maximum Gasteiger partial charge on any atom is 0.273 e. The van der Waals surface area contributed by atoms with Gasteiger partial charge in [-0.15, -0.1) is 0 Å². The Bertz CT molecular complexity index is 552. The first-order valence-electron chi connectivity index (χ1n) is 9.35. The molecule has 0 spiro atoms. The molecule has 1 atom stereocenters. The van der Waals surface area contributed by atoms with E-state index in [1.807, 2.05) is 27.7 Å². The zero-order valence-corrected chi connectivity index (χ0v) is 16.5. The van der Waals surface area contributed by atoms with Crippen LogP contribution in [0.15, 0.2) is 10.7 Å². The van der Waals surface area contributed by atoms with Gasteiger partial charge in [-0.2, -0.15) is 0 Å². The SMILES string of the molecule is CCCCC(CC)C(=O)N(Cc1nc(C(=O)NC(C)C)co1)C(C)C. The molecule has 2 amide bonds. The molecule has 1 unspecified atom stereocenters. The Kier molecular flexibility index (Phi) is 8.66. The number of hydrogen-bond donors (Lipinski definition) is 1. The average Bonchev–Trinajstić information content (AvgIpc) is 3.01. The van der Waals surface area contributed by atoms with Gasteiger partial charge in [-0.1, -0.05) is 26.7 Å². The lowest BCUT2D eigenvalue weighted by molar-refractivity contribution is -0.138. The number of nitrogens with one attached hydrogen (secondary N) is 1. The van der Waals surface area contributed by atoms with Gasteiger partial charge in [-0.3, -0.25) is 9.59 Å². The van der Waals surface area contributed by atoms with E-state index in [1.165, 1.54) is 6.26 Å². The van der Waals surface area contributed by atoms with Crippen molar-refractivity contribution in [2.45, 2.75) is 85.9 Å². The molecule has 0 fully saturated rings. The smallest absolute Gasteiger partial charge is 0.273 e. The predicted molar refractivity (Wildman–Crippen MR) is 98.1 cm³/mol. The third-order valence-corrected chi connectivity index (χ3v) is 4.16. The fourth-order valence-corrected chi connectivity index (χ4v) is 2.67. The van der Waals surface area contributed by atoms with Crippen molar-refractivity contribution in [2.75, 3.05) is 0 Å². The van der Waals surface area contributed by atoms with Gasteiger partial charge in [-0.05, 0) is 40.5 Å². The number of nitrogens with zero attached hydrogens (tertiary/aromatic N) is 2. The Labute approximate surface area is 151 Å². The van der Waals surface area contributed by atoms with Crippen LogP contribution >= 0.6 is 0 Å². The van der Waals surface area contributed by atoms with Gasteiger partial charge in [0.2, 0.25) is 11.8 Å². The maximum atomic E-state index is 12.9. The first kappa shape index (κ1) is 21.2. The molecule has 142 valence electrons. The van der Waals surface area contributed by atoms with Gasteiger partial charge in [0.25, 0.3) is 5.91 Å². The second kappa shape index (κ2) is 10.2. The van der Waals surface area contributed by atoms with E-state index in [0.717, 1.165) is 25.7 Å². The Morgan fingerprint density at radius 1 is 1.24 bits per heavy atom. The van der Waals surface area contributed by atoms with Gasteiger partial charge in [0.15, 0.2) is 5.69 Å². The number of carbonyl (C=O) groups excluding carboxylic acids is 2. The van der Waals surface area contributed by atoms with Crippen molar-refractivity contribution in [3.05, 3.63) is 17.8 Å². The molecule has 1 aromatic heterocycles. The molecule has 1 N–H and O–H groups in total. The second-order valence-corrected chi connectivity index (χ2v) is 7.06. The molecule has 1 rings (SSSR count). The van der Waals surface area contributed by atoms with E-state index >= 15 is 0 Å². The minimum absolute atomic E-state index is 0.0287. The zero-order chi connectivity index (χ0) is 19.0. The van der Waals surface area contributed by atoms with Crippen LogP contribution in [0.1, 0.15) is 83.6 Å². The van der Waals surface area contributed by atoms with Crippen LogP contribution in [-0.4, -0.2) is 33.8 Å². The first-order valence-corrected chi connectivity index (χ1v) is 9.35. The molecule has 0 bridgehead atoms. The minimum atomic E-state index is -0.262. The lowest BCUT2D eigenvalue weighted by atomic mass is 9.97. The highest BCUT2D eigenvalue weighted by molar-refractivity contribution is 5.92. The third kappa shape index (κ3) is 6.52. The van der Waals surface area contributed by atoms with E-state index in [0.29, 0.717) is 5.89 Å². The first-order chi connectivity index (χ1) is 11.8. The van der Waals surface area contributed by atoms with Crippen molar-refractivity contribution in [1.82, 2.24) is 15.2 Å². The summed E-state index contributed by atoms with van der Waals surface area (Å²) in [5.41, 5.74) is 0.248. The number of oxazole rings is 1. The summed E-state index contributed by atoms with van der Waals surface area (Å²) < 4.78 is 5.43. The Balaban J connectivity index is 2.83. The van der Waals surface area contributed by atoms with Crippen LogP contribution in [0.2, 0.25) is 0 Å². The summed E-state index contributed by atoms with van der Waals surface area (Å²) >= 11 is 0. The normalized spacial score (nSPS) is 12.5. The van der Waals surface area contributed by atoms with Crippen LogP contribution in [-0.2, 0) is 11.3 Å². The highest BCUT2D eigenvalue weighted by Crippen LogP contribution is 2.19. The summed E-state index contributed by atoms with van der Waals surface area (Å²) in [4.78, 5) is 30.9. The molecular weight excluding hydrogens is 318 g/mol. The zero-order valence-electron chi connectivity index (χ0n) is 16.5. The summed E-state index contributed by atoms with van der Waals surface area (Å²) in [5.74, 6) is 0.293. The van der Waals surface area contributed by atoms with Gasteiger partial charge in [0.05, 0.1) is 6.54 Å². The van der Waals surface area contributed by atoms with Crippen molar-refractivity contribution in [3.63, 3.8) is 0 Å². The monoisotopic (exact) mass is 351 g/mol. The van der Waals surface area contributed by atoms with Crippen molar-refractivity contribution in [1.29, 1.82) is 0 Å². The van der Waals surface area contributed by atoms with E-state index in [4.69, 9.17) is 4.42 Å². The fraction of sp³-hybridized carbons (Fsp3) is 0.737. The molecule has 6 nitrogen and oxygen atoms in total. The maximum absolute atomic E-state index is 12.9. The number of rotatable bonds is 10. The summed E-state index contributed by atoms with van der Waals surface area (Å²) in [6.07, 6.45) is 5.22. The van der Waals surface area contributed by atoms with Crippen LogP contribution in [0, 0.1) is 5.92 Å². The molecule has 0 saturated carbocycles. The highest BCUT2D eigenvalue weighted by atomic mass is 16.3. The second-order valence-electron chi connectivity index (χ2n) is 7.06. The van der Waals surface area contributed by atoms with Crippen LogP contribution in [0.4, 0.5) is 0 Å². The van der Waals surface area contributed by atoms with Gasteiger partial charge in [0, 0.05) is 18.0 Å². The highest BCUT2D eigenvalue weighted by Gasteiger charge is 2.26. The Morgan fingerprint density at radius 3 is 2.44 bits per heavy atom. The quantitative estimate of drug-likeness (QED) is 0.696. The van der Waals surface area contributed by atoms with Crippen molar-refractivity contribution in [3.8, 4) is 0 Å². The molecular formula is C19H33N3O3. The number of hydrogen-bond acceptors (Lipinski definition) is 4. The van der Waals surface area contributed by atoms with Crippen LogP contribution in [0.25, 0.3) is 0 Å². The lowest BCUT2D eigenvalue weighted by Gasteiger charge is -2.29. The lowest BCUT2D eigenvalue weighted by Crippen LogP contribution is -2.40. The molecule has 0 saturated heterocycles. The standard InChI is InChI=1S/C19H33N3O3/c1-7-9-10-15(8-2)19(24)22(14(5)6)11-17-21-16(12-25-17)18(23)20-13(3)4/h12-15H,7-11H2,1-6H3,(H,20,23). The van der Waals surface area contributed by atoms with Crippen LogP contribution < -0.4 is 5.32 Å². The van der Waals surface area contributed by atoms with Crippen molar-refractivity contribution >= 4 is 11.8 Å². The summed E-state index contributed by atoms with van der Waals surface area (Å²) in [5, 5.41) is 2.78. The Hall–Kier alpha value is -1.85. The Morgan fingerprint density at radius 2 is 1.92 bits per heavy atom. The molecule has 1 aromatic rings. The van der Waals surface area contributed by atoms with Crippen molar-refractivity contribution in [2.24, 2.45) is 5.92 Å². The fourth-order valence-electron chi connectivity index (χ4n) is 2.67. The molecule has 0 aromatic carbocycles. The van der Waals surface area contributed by atoms with Gasteiger partial charge in [-0.25, -0.2) is 4.98 Å². The van der Waals surface area contributed by atoms with Gasteiger partial charge < -0.3 is 14.6 Å². The summed E-state index contributed by atoms with van der Waals surface area (Å²) in [6.45, 7) is 12.2. The molecule has 0 radical (unpaired) electrons. The average molecular weight is 351 g/mol.